The van der Waals surface area contributed by atoms with Crippen LogP contribution >= 0.6 is 0 Å². The molecule has 2 saturated heterocycles. The minimum Gasteiger partial charge on any atom is -0.373 e. The Kier molecular flexibility index (Phi) is 4.80. The standard InChI is InChI=1S/C13H24N2O2/c14-8-4-2-1-3-5-13(16)15-11-9-10-6-7-12(11)17-10/h10-12H,1-9,14H2,(H,15,16). The number of nitrogens with two attached hydrogens (primary N) is 1. The Hall–Kier alpha value is -0.610. The predicted octanol–water partition coefficient (Wildman–Crippen LogP) is 1.33. The van der Waals surface area contributed by atoms with E-state index in [0.29, 0.717) is 18.6 Å². The van der Waals surface area contributed by atoms with Gasteiger partial charge in [0.1, 0.15) is 0 Å². The van der Waals surface area contributed by atoms with Gasteiger partial charge in [0.15, 0.2) is 0 Å². The molecule has 3 N–H and O–H groups in total. The van der Waals surface area contributed by atoms with Crippen molar-refractivity contribution in [1.82, 2.24) is 5.32 Å². The van der Waals surface area contributed by atoms with Crippen molar-refractivity contribution in [2.45, 2.75) is 69.6 Å². The van der Waals surface area contributed by atoms with E-state index in [0.717, 1.165) is 45.1 Å². The van der Waals surface area contributed by atoms with E-state index < -0.39 is 0 Å². The molecule has 0 saturated carbocycles. The highest BCUT2D eigenvalue weighted by Gasteiger charge is 2.41. The SMILES string of the molecule is NCCCCCCC(=O)NC1CC2CCC1O2. The van der Waals surface area contributed by atoms with Crippen molar-refractivity contribution in [3.63, 3.8) is 0 Å². The van der Waals surface area contributed by atoms with Gasteiger partial charge < -0.3 is 15.8 Å². The number of fused-ring (bicyclic) bond motifs is 2. The van der Waals surface area contributed by atoms with Gasteiger partial charge in [0.25, 0.3) is 0 Å². The second-order valence-corrected chi connectivity index (χ2v) is 5.24. The van der Waals surface area contributed by atoms with Crippen molar-refractivity contribution in [2.24, 2.45) is 5.73 Å². The number of ether oxygens (including phenoxy) is 1. The van der Waals surface area contributed by atoms with Crippen molar-refractivity contribution in [1.29, 1.82) is 0 Å². The molecule has 0 aliphatic carbocycles. The topological polar surface area (TPSA) is 64.4 Å². The summed E-state index contributed by atoms with van der Waals surface area (Å²) in [6, 6.07) is 0.283. The first-order valence-corrected chi connectivity index (χ1v) is 6.94. The average molecular weight is 240 g/mol. The first kappa shape index (κ1) is 12.8. The van der Waals surface area contributed by atoms with Gasteiger partial charge in [-0.1, -0.05) is 12.8 Å². The van der Waals surface area contributed by atoms with E-state index in [4.69, 9.17) is 10.5 Å². The van der Waals surface area contributed by atoms with Gasteiger partial charge in [-0.05, 0) is 38.6 Å². The molecule has 2 rings (SSSR count). The molecule has 1 amide bonds. The van der Waals surface area contributed by atoms with E-state index in [9.17, 15) is 4.79 Å². The third-order valence-corrected chi connectivity index (χ3v) is 3.81. The first-order valence-electron chi connectivity index (χ1n) is 6.94. The molecule has 98 valence electrons. The van der Waals surface area contributed by atoms with Gasteiger partial charge in [-0.3, -0.25) is 4.79 Å². The monoisotopic (exact) mass is 240 g/mol. The van der Waals surface area contributed by atoms with Gasteiger partial charge in [-0.15, -0.1) is 0 Å². The number of nitrogens with one attached hydrogen (secondary N) is 1. The summed E-state index contributed by atoms with van der Waals surface area (Å²) < 4.78 is 5.71. The molecule has 2 fully saturated rings. The van der Waals surface area contributed by atoms with Gasteiger partial charge in [-0.2, -0.15) is 0 Å². The average Bonchev–Trinajstić information content (AvgIpc) is 2.90. The van der Waals surface area contributed by atoms with Crippen molar-refractivity contribution < 1.29 is 9.53 Å². The van der Waals surface area contributed by atoms with Crippen LogP contribution in [0, 0.1) is 0 Å². The fourth-order valence-corrected chi connectivity index (χ4v) is 2.85. The molecule has 0 spiro atoms. The number of amides is 1. The minimum atomic E-state index is 0.193. The Labute approximate surface area is 103 Å². The van der Waals surface area contributed by atoms with Crippen LogP contribution in [-0.2, 0) is 9.53 Å². The minimum absolute atomic E-state index is 0.193. The fourth-order valence-electron chi connectivity index (χ4n) is 2.85. The zero-order chi connectivity index (χ0) is 12.1. The lowest BCUT2D eigenvalue weighted by atomic mass is 9.95. The van der Waals surface area contributed by atoms with E-state index in [1.54, 1.807) is 0 Å². The summed E-state index contributed by atoms with van der Waals surface area (Å²) in [5.74, 6) is 0.193. The zero-order valence-corrected chi connectivity index (χ0v) is 10.5. The number of hydrogen-bond acceptors (Lipinski definition) is 3. The smallest absolute Gasteiger partial charge is 0.220 e. The van der Waals surface area contributed by atoms with Gasteiger partial charge in [0, 0.05) is 6.42 Å². The second-order valence-electron chi connectivity index (χ2n) is 5.24. The summed E-state index contributed by atoms with van der Waals surface area (Å²) in [5.41, 5.74) is 5.42. The third-order valence-electron chi connectivity index (χ3n) is 3.81. The van der Waals surface area contributed by atoms with Gasteiger partial charge in [0.2, 0.25) is 5.91 Å². The summed E-state index contributed by atoms with van der Waals surface area (Å²) in [7, 11) is 0. The molecule has 0 radical (unpaired) electrons. The number of unbranched alkanes of at least 4 members (excludes halogenated alkanes) is 3. The Morgan fingerprint density at radius 3 is 2.71 bits per heavy atom. The van der Waals surface area contributed by atoms with Crippen molar-refractivity contribution in [3.8, 4) is 0 Å². The van der Waals surface area contributed by atoms with Crippen molar-refractivity contribution in [3.05, 3.63) is 0 Å². The highest BCUT2D eigenvalue weighted by atomic mass is 16.5. The van der Waals surface area contributed by atoms with Crippen molar-refractivity contribution in [2.75, 3.05) is 6.54 Å². The number of carbonyl (C=O) groups is 1. The van der Waals surface area contributed by atoms with Crippen LogP contribution in [0.1, 0.15) is 51.4 Å². The Morgan fingerprint density at radius 2 is 2.06 bits per heavy atom. The molecule has 3 unspecified atom stereocenters. The van der Waals surface area contributed by atoms with Crippen LogP contribution in [0.25, 0.3) is 0 Å². The lowest BCUT2D eigenvalue weighted by molar-refractivity contribution is -0.122. The molecule has 17 heavy (non-hydrogen) atoms. The highest BCUT2D eigenvalue weighted by molar-refractivity contribution is 5.76. The molecule has 0 aromatic heterocycles. The van der Waals surface area contributed by atoms with Gasteiger partial charge in [0.05, 0.1) is 18.2 Å². The lowest BCUT2D eigenvalue weighted by Gasteiger charge is -2.19. The molecule has 2 heterocycles. The molecule has 2 bridgehead atoms. The molecular weight excluding hydrogens is 216 g/mol. The molecule has 3 atom stereocenters. The van der Waals surface area contributed by atoms with E-state index in [2.05, 4.69) is 5.32 Å². The van der Waals surface area contributed by atoms with Crippen LogP contribution in [0.4, 0.5) is 0 Å². The Morgan fingerprint density at radius 1 is 1.24 bits per heavy atom. The van der Waals surface area contributed by atoms with E-state index in [-0.39, 0.29) is 11.9 Å². The van der Waals surface area contributed by atoms with Crippen LogP contribution < -0.4 is 11.1 Å². The fraction of sp³-hybridized carbons (Fsp3) is 0.923. The normalized spacial score (nSPS) is 30.8. The van der Waals surface area contributed by atoms with Crippen LogP contribution in [-0.4, -0.2) is 30.7 Å². The van der Waals surface area contributed by atoms with Crippen LogP contribution in [0.2, 0.25) is 0 Å². The predicted molar refractivity (Wildman–Crippen MR) is 66.6 cm³/mol. The molecule has 2 aliphatic rings. The maximum atomic E-state index is 11.7. The quantitative estimate of drug-likeness (QED) is 0.660. The number of rotatable bonds is 7. The van der Waals surface area contributed by atoms with E-state index >= 15 is 0 Å². The van der Waals surface area contributed by atoms with Crippen LogP contribution in [0.5, 0.6) is 0 Å². The summed E-state index contributed by atoms with van der Waals surface area (Å²) in [6.07, 6.45) is 8.97. The summed E-state index contributed by atoms with van der Waals surface area (Å²) in [5, 5.41) is 3.11. The maximum Gasteiger partial charge on any atom is 0.220 e. The maximum absolute atomic E-state index is 11.7. The molecule has 4 heteroatoms. The second kappa shape index (κ2) is 6.36. The molecule has 4 nitrogen and oxygen atoms in total. The van der Waals surface area contributed by atoms with E-state index in [1.807, 2.05) is 0 Å². The summed E-state index contributed by atoms with van der Waals surface area (Å²) in [4.78, 5) is 11.7. The third kappa shape index (κ3) is 3.68. The van der Waals surface area contributed by atoms with Crippen LogP contribution in [0.3, 0.4) is 0 Å². The Balaban J connectivity index is 1.55. The lowest BCUT2D eigenvalue weighted by Crippen LogP contribution is -2.41. The number of carbonyl (C=O) groups excluding carboxylic acids is 1. The highest BCUT2D eigenvalue weighted by Crippen LogP contribution is 2.34. The molecule has 0 aromatic carbocycles. The number of hydrogen-bond donors (Lipinski definition) is 2. The van der Waals surface area contributed by atoms with Gasteiger partial charge >= 0.3 is 0 Å². The summed E-state index contributed by atoms with van der Waals surface area (Å²) >= 11 is 0. The van der Waals surface area contributed by atoms with Crippen molar-refractivity contribution >= 4 is 5.91 Å². The summed E-state index contributed by atoms with van der Waals surface area (Å²) in [6.45, 7) is 0.759. The molecule has 0 aromatic rings. The van der Waals surface area contributed by atoms with Crippen LogP contribution in [0.15, 0.2) is 0 Å². The van der Waals surface area contributed by atoms with Gasteiger partial charge in [-0.25, -0.2) is 0 Å². The first-order chi connectivity index (χ1) is 8.29. The zero-order valence-electron chi connectivity index (χ0n) is 10.5. The molecular formula is C13H24N2O2. The largest absolute Gasteiger partial charge is 0.373 e. The van der Waals surface area contributed by atoms with E-state index in [1.165, 1.54) is 6.42 Å². The molecule has 2 aliphatic heterocycles. The Bertz CT molecular complexity index is 258.